The summed E-state index contributed by atoms with van der Waals surface area (Å²) < 4.78 is 26.9. The summed E-state index contributed by atoms with van der Waals surface area (Å²) in [6.07, 6.45) is 1.53. The largest absolute Gasteiger partial charge is 0.495 e. The Morgan fingerprint density at radius 2 is 1.68 bits per heavy atom. The number of benzene rings is 2. The van der Waals surface area contributed by atoms with Crippen LogP contribution in [0.3, 0.4) is 0 Å². The number of morpholine rings is 1. The summed E-state index contributed by atoms with van der Waals surface area (Å²) in [4.78, 5) is 24.9. The molecule has 37 heavy (non-hydrogen) atoms. The van der Waals surface area contributed by atoms with E-state index in [1.54, 1.807) is 31.4 Å². The Morgan fingerprint density at radius 1 is 1.00 bits per heavy atom. The van der Waals surface area contributed by atoms with Crippen LogP contribution in [0, 0.1) is 0 Å². The maximum atomic E-state index is 13.7. The van der Waals surface area contributed by atoms with Gasteiger partial charge in [-0.15, -0.1) is 0 Å². The first-order chi connectivity index (χ1) is 18.0. The molecular weight excluding hydrogens is 500 g/mol. The maximum Gasteiger partial charge on any atom is 0.227 e. The fraction of sp³-hybridized carbons (Fsp3) is 0.346. The summed E-state index contributed by atoms with van der Waals surface area (Å²) in [5.74, 6) is 2.33. The number of carbonyl (C=O) groups excluding carboxylic acids is 1. The van der Waals surface area contributed by atoms with Crippen molar-refractivity contribution in [3.63, 3.8) is 0 Å². The summed E-state index contributed by atoms with van der Waals surface area (Å²) in [6, 6.07) is 8.69. The molecule has 11 heteroatoms. The molecule has 4 rings (SSSR count). The molecule has 3 aromatic rings. The van der Waals surface area contributed by atoms with Gasteiger partial charge in [-0.25, -0.2) is 4.98 Å². The van der Waals surface area contributed by atoms with Crippen molar-refractivity contribution in [2.24, 2.45) is 0 Å². The molecule has 0 aliphatic carbocycles. The highest BCUT2D eigenvalue weighted by molar-refractivity contribution is 6.32. The number of nitrogens with one attached hydrogen (secondary N) is 1. The molecule has 0 saturated carbocycles. The van der Waals surface area contributed by atoms with Crippen LogP contribution in [0.25, 0.3) is 0 Å². The Hall–Kier alpha value is -3.76. The number of anilines is 2. The molecule has 1 fully saturated rings. The Bertz CT molecular complexity index is 1240. The van der Waals surface area contributed by atoms with E-state index >= 15 is 0 Å². The third kappa shape index (κ3) is 5.81. The summed E-state index contributed by atoms with van der Waals surface area (Å²) in [6.45, 7) is 2.87. The van der Waals surface area contributed by atoms with E-state index < -0.39 is 0 Å². The van der Waals surface area contributed by atoms with Crippen LogP contribution >= 0.6 is 11.6 Å². The zero-order valence-corrected chi connectivity index (χ0v) is 21.9. The van der Waals surface area contributed by atoms with Crippen molar-refractivity contribution in [1.82, 2.24) is 9.97 Å². The SMILES string of the molecule is COc1ccc(CNc2nc(N3CCOCC3)ncc2C(=O)c2cc(OC)c(OC)c(OC)c2)cc1Cl. The van der Waals surface area contributed by atoms with Crippen LogP contribution in [-0.4, -0.2) is 70.5 Å². The number of nitrogens with zero attached hydrogens (tertiary/aromatic N) is 3. The van der Waals surface area contributed by atoms with Crippen LogP contribution in [0.5, 0.6) is 23.0 Å². The molecule has 1 aliphatic rings. The number of methoxy groups -OCH3 is 4. The summed E-state index contributed by atoms with van der Waals surface area (Å²) in [7, 11) is 6.07. The second-order valence-corrected chi connectivity index (χ2v) is 8.50. The highest BCUT2D eigenvalue weighted by Gasteiger charge is 2.23. The van der Waals surface area contributed by atoms with Gasteiger partial charge in [-0.3, -0.25) is 4.79 Å². The number of ether oxygens (including phenoxy) is 5. The monoisotopic (exact) mass is 528 g/mol. The molecule has 1 aliphatic heterocycles. The maximum absolute atomic E-state index is 13.7. The van der Waals surface area contributed by atoms with Gasteiger partial charge in [0, 0.05) is 31.4 Å². The zero-order chi connectivity index (χ0) is 26.4. The molecular formula is C26H29ClN4O6. The van der Waals surface area contributed by atoms with Gasteiger partial charge < -0.3 is 33.9 Å². The van der Waals surface area contributed by atoms with E-state index in [9.17, 15) is 4.79 Å². The first-order valence-electron chi connectivity index (χ1n) is 11.6. The van der Waals surface area contributed by atoms with E-state index in [0.717, 1.165) is 5.56 Å². The smallest absolute Gasteiger partial charge is 0.227 e. The quantitative estimate of drug-likeness (QED) is 0.390. The minimum atomic E-state index is -0.303. The lowest BCUT2D eigenvalue weighted by Gasteiger charge is -2.27. The van der Waals surface area contributed by atoms with Crippen molar-refractivity contribution in [3.8, 4) is 23.0 Å². The van der Waals surface area contributed by atoms with Gasteiger partial charge in [0.15, 0.2) is 17.3 Å². The lowest BCUT2D eigenvalue weighted by Crippen LogP contribution is -2.37. The molecule has 1 N–H and O–H groups in total. The fourth-order valence-corrected chi connectivity index (χ4v) is 4.24. The van der Waals surface area contributed by atoms with Gasteiger partial charge in [-0.2, -0.15) is 4.98 Å². The van der Waals surface area contributed by atoms with E-state index in [-0.39, 0.29) is 5.78 Å². The number of halogens is 1. The number of ketones is 1. The van der Waals surface area contributed by atoms with Gasteiger partial charge in [-0.05, 0) is 29.8 Å². The lowest BCUT2D eigenvalue weighted by molar-refractivity contribution is 0.103. The normalized spacial score (nSPS) is 13.2. The van der Waals surface area contributed by atoms with E-state index in [1.807, 2.05) is 11.0 Å². The number of hydrogen-bond acceptors (Lipinski definition) is 10. The van der Waals surface area contributed by atoms with Gasteiger partial charge in [0.2, 0.25) is 11.7 Å². The van der Waals surface area contributed by atoms with Crippen molar-refractivity contribution in [1.29, 1.82) is 0 Å². The number of carbonyl (C=O) groups is 1. The van der Waals surface area contributed by atoms with Crippen LogP contribution in [0.4, 0.5) is 11.8 Å². The molecule has 0 amide bonds. The molecule has 0 atom stereocenters. The van der Waals surface area contributed by atoms with Gasteiger partial charge in [0.05, 0.1) is 52.2 Å². The predicted molar refractivity (Wildman–Crippen MR) is 140 cm³/mol. The Labute approximate surface area is 220 Å². The summed E-state index contributed by atoms with van der Waals surface area (Å²) in [5, 5.41) is 3.78. The van der Waals surface area contributed by atoms with Gasteiger partial charge >= 0.3 is 0 Å². The van der Waals surface area contributed by atoms with Crippen molar-refractivity contribution in [2.45, 2.75) is 6.54 Å². The number of rotatable bonds is 10. The molecule has 2 aromatic carbocycles. The molecule has 1 saturated heterocycles. The molecule has 1 aromatic heterocycles. The molecule has 0 spiro atoms. The molecule has 0 radical (unpaired) electrons. The number of aromatic nitrogens is 2. The minimum absolute atomic E-state index is 0.297. The highest BCUT2D eigenvalue weighted by atomic mass is 35.5. The third-order valence-electron chi connectivity index (χ3n) is 5.92. The van der Waals surface area contributed by atoms with E-state index in [1.165, 1.54) is 27.5 Å². The zero-order valence-electron chi connectivity index (χ0n) is 21.2. The second-order valence-electron chi connectivity index (χ2n) is 8.10. The molecule has 196 valence electrons. The van der Waals surface area contributed by atoms with Crippen LogP contribution in [0.2, 0.25) is 5.02 Å². The fourth-order valence-electron chi connectivity index (χ4n) is 3.96. The number of hydrogen-bond donors (Lipinski definition) is 1. The predicted octanol–water partition coefficient (Wildman–Crippen LogP) is 3.84. The Kier molecular flexibility index (Phi) is 8.52. The van der Waals surface area contributed by atoms with Crippen LogP contribution in [0.1, 0.15) is 21.5 Å². The molecule has 0 unspecified atom stereocenters. The van der Waals surface area contributed by atoms with Crippen molar-refractivity contribution < 1.29 is 28.5 Å². The average molecular weight is 529 g/mol. The van der Waals surface area contributed by atoms with Crippen LogP contribution < -0.4 is 29.2 Å². The third-order valence-corrected chi connectivity index (χ3v) is 6.21. The van der Waals surface area contributed by atoms with E-state index in [0.29, 0.717) is 83.8 Å². The van der Waals surface area contributed by atoms with Gasteiger partial charge in [0.1, 0.15) is 11.6 Å². The first-order valence-corrected chi connectivity index (χ1v) is 12.0. The average Bonchev–Trinajstić information content (AvgIpc) is 2.95. The van der Waals surface area contributed by atoms with Crippen molar-refractivity contribution in [3.05, 3.63) is 58.2 Å². The van der Waals surface area contributed by atoms with E-state index in [2.05, 4.69) is 10.3 Å². The standard InChI is InChI=1S/C26H29ClN4O6/c1-33-20-6-5-16(11-19(20)27)14-28-25-18(15-29-26(30-25)31-7-9-37-10-8-31)23(32)17-12-21(34-2)24(36-4)22(13-17)35-3/h5-6,11-13,15H,7-10,14H2,1-4H3,(H,28,29,30). The molecule has 2 heterocycles. The second kappa shape index (κ2) is 12.0. The summed E-state index contributed by atoms with van der Waals surface area (Å²) >= 11 is 6.30. The lowest BCUT2D eigenvalue weighted by atomic mass is 10.0. The minimum Gasteiger partial charge on any atom is -0.495 e. The Balaban J connectivity index is 1.70. The van der Waals surface area contributed by atoms with Crippen LogP contribution in [0.15, 0.2) is 36.5 Å². The molecule has 0 bridgehead atoms. The Morgan fingerprint density at radius 3 is 2.27 bits per heavy atom. The van der Waals surface area contributed by atoms with Gasteiger partial charge in [-0.1, -0.05) is 17.7 Å². The molecule has 10 nitrogen and oxygen atoms in total. The van der Waals surface area contributed by atoms with Gasteiger partial charge in [0.25, 0.3) is 0 Å². The highest BCUT2D eigenvalue weighted by Crippen LogP contribution is 2.39. The van der Waals surface area contributed by atoms with Crippen molar-refractivity contribution in [2.75, 3.05) is 65.0 Å². The first kappa shape index (κ1) is 26.3. The topological polar surface area (TPSA) is 104 Å². The summed E-state index contributed by atoms with van der Waals surface area (Å²) in [5.41, 5.74) is 1.53. The van der Waals surface area contributed by atoms with Crippen molar-refractivity contribution >= 4 is 29.2 Å². The van der Waals surface area contributed by atoms with E-state index in [4.69, 9.17) is 40.3 Å². The van der Waals surface area contributed by atoms with Crippen LogP contribution in [-0.2, 0) is 11.3 Å².